The summed E-state index contributed by atoms with van der Waals surface area (Å²) >= 11 is 0. The Morgan fingerprint density at radius 1 is 1.02 bits per heavy atom. The van der Waals surface area contributed by atoms with Crippen molar-refractivity contribution in [1.82, 2.24) is 24.6 Å². The van der Waals surface area contributed by atoms with E-state index < -0.39 is 31.4 Å². The highest BCUT2D eigenvalue weighted by Crippen LogP contribution is 2.54. The van der Waals surface area contributed by atoms with E-state index in [-0.39, 0.29) is 23.0 Å². The number of rotatable bonds is 13. The van der Waals surface area contributed by atoms with E-state index >= 15 is 0 Å². The minimum absolute atomic E-state index is 0.0294. The minimum Gasteiger partial charge on any atom is -0.455 e. The Morgan fingerprint density at radius 3 is 2.58 bits per heavy atom. The standard InChI is InChI=1S/C46H54N8O7S/c1-30(2)37-6-3-4-7-38(37)40-8-5-17-53(40)34-25-46(26-34)14-18-52(19-15-46)33-9-10-39(42(23-33)61-35-22-32-11-16-47-43(32)49-28-35)45(55)51-62(58,59)36-24-41(54(56)57)44(50-29-36)48-27-31-12-20-60-21-13-31/h3-4,6-7,9-11,16,22-24,28-31,34,40H,5,8,12-15,17-21,25-27H2,1-2H3,(H,47,49)(H,48,50)(H,51,55)/t40-/m1/s1. The van der Waals surface area contributed by atoms with Gasteiger partial charge >= 0.3 is 5.69 Å². The Bertz CT molecular complexity index is 2560. The van der Waals surface area contributed by atoms with Crippen molar-refractivity contribution < 1.29 is 27.6 Å². The first-order chi connectivity index (χ1) is 29.9. The third-order valence-corrected chi connectivity index (χ3v) is 14.9. The summed E-state index contributed by atoms with van der Waals surface area (Å²) in [5.74, 6) is 0.245. The minimum atomic E-state index is -4.60. The fourth-order valence-corrected chi connectivity index (χ4v) is 11.0. The third kappa shape index (κ3) is 8.59. The van der Waals surface area contributed by atoms with Gasteiger partial charge in [0.15, 0.2) is 0 Å². The van der Waals surface area contributed by atoms with E-state index in [0.717, 1.165) is 68.7 Å². The number of nitro groups is 1. The van der Waals surface area contributed by atoms with Gasteiger partial charge in [-0.2, -0.15) is 0 Å². The van der Waals surface area contributed by atoms with E-state index in [4.69, 9.17) is 9.47 Å². The van der Waals surface area contributed by atoms with Crippen LogP contribution in [0.1, 0.15) is 98.7 Å². The van der Waals surface area contributed by atoms with Gasteiger partial charge < -0.3 is 24.7 Å². The summed E-state index contributed by atoms with van der Waals surface area (Å²) in [5, 5.41) is 15.8. The van der Waals surface area contributed by atoms with Crippen LogP contribution in [0.5, 0.6) is 11.5 Å². The quantitative estimate of drug-likeness (QED) is 0.0761. The molecule has 4 aliphatic rings. The summed E-state index contributed by atoms with van der Waals surface area (Å²) < 4.78 is 41.1. The number of H-pyrrole nitrogens is 1. The Labute approximate surface area is 361 Å². The van der Waals surface area contributed by atoms with Crippen LogP contribution in [0.25, 0.3) is 11.0 Å². The second-order valence-electron chi connectivity index (χ2n) is 17.8. The van der Waals surface area contributed by atoms with Crippen LogP contribution in [-0.2, 0) is 14.8 Å². The number of carbonyl (C=O) groups is 1. The summed E-state index contributed by atoms with van der Waals surface area (Å²) in [6.45, 7) is 9.06. The lowest BCUT2D eigenvalue weighted by Crippen LogP contribution is -2.54. The predicted molar refractivity (Wildman–Crippen MR) is 236 cm³/mol. The number of nitrogens with one attached hydrogen (secondary N) is 3. The molecule has 3 saturated heterocycles. The van der Waals surface area contributed by atoms with Crippen LogP contribution in [-0.4, -0.2) is 84.5 Å². The van der Waals surface area contributed by atoms with Crippen LogP contribution >= 0.6 is 0 Å². The maximum Gasteiger partial charge on any atom is 0.312 e. The first kappa shape index (κ1) is 41.8. The molecular weight excluding hydrogens is 809 g/mol. The SMILES string of the molecule is CC(C)c1ccccc1[C@H]1CCCN1C1CC2(CCN(c3ccc(C(=O)NS(=O)(=O)c4cnc(NCC5CCOCC5)c([N+](=O)[O-])c4)c(Oc4cnc5[nH]ccc5c4)c3)CC2)C1. The molecule has 1 saturated carbocycles. The largest absolute Gasteiger partial charge is 0.455 e. The summed E-state index contributed by atoms with van der Waals surface area (Å²) in [6.07, 6.45) is 12.9. The molecule has 326 valence electrons. The van der Waals surface area contributed by atoms with Crippen LogP contribution in [0.2, 0.25) is 0 Å². The van der Waals surface area contributed by atoms with Gasteiger partial charge in [0.1, 0.15) is 22.0 Å². The van der Waals surface area contributed by atoms with Crippen LogP contribution in [0.15, 0.2) is 84.1 Å². The van der Waals surface area contributed by atoms with Crippen LogP contribution < -0.4 is 19.7 Å². The van der Waals surface area contributed by atoms with Crippen molar-refractivity contribution in [3.05, 3.63) is 106 Å². The molecule has 0 radical (unpaired) electrons. The maximum absolute atomic E-state index is 13.9. The number of carbonyl (C=O) groups excluding carboxylic acids is 1. The second-order valence-corrected chi connectivity index (χ2v) is 19.4. The number of piperidine rings is 1. The maximum atomic E-state index is 13.9. The fraction of sp³-hybridized carbons (Fsp3) is 0.457. The van der Waals surface area contributed by atoms with Crippen molar-refractivity contribution in [3.8, 4) is 11.5 Å². The highest BCUT2D eigenvalue weighted by atomic mass is 32.2. The molecule has 3 aliphatic heterocycles. The van der Waals surface area contributed by atoms with Crippen molar-refractivity contribution in [1.29, 1.82) is 0 Å². The molecule has 0 unspecified atom stereocenters. The molecule has 1 atom stereocenters. The molecule has 16 heteroatoms. The zero-order valence-electron chi connectivity index (χ0n) is 35.2. The average molecular weight is 863 g/mol. The summed E-state index contributed by atoms with van der Waals surface area (Å²) in [5.41, 5.74) is 4.25. The number of aromatic nitrogens is 3. The van der Waals surface area contributed by atoms with Gasteiger partial charge in [0.05, 0.1) is 22.9 Å². The summed E-state index contributed by atoms with van der Waals surface area (Å²) in [4.78, 5) is 41.4. The molecule has 1 amide bonds. The zero-order chi connectivity index (χ0) is 43.0. The Hall–Kier alpha value is -5.58. The second kappa shape index (κ2) is 17.3. The normalized spacial score (nSPS) is 19.8. The number of ether oxygens (including phenoxy) is 2. The number of pyridine rings is 2. The van der Waals surface area contributed by atoms with Gasteiger partial charge in [0, 0.05) is 74.3 Å². The van der Waals surface area contributed by atoms with Gasteiger partial charge in [0.2, 0.25) is 5.82 Å². The smallest absolute Gasteiger partial charge is 0.312 e. The number of anilines is 2. The molecule has 0 bridgehead atoms. The number of fused-ring (bicyclic) bond motifs is 1. The van der Waals surface area contributed by atoms with Crippen molar-refractivity contribution in [2.24, 2.45) is 11.3 Å². The van der Waals surface area contributed by atoms with E-state index in [0.29, 0.717) is 54.6 Å². The van der Waals surface area contributed by atoms with Gasteiger partial charge in [-0.1, -0.05) is 38.1 Å². The highest BCUT2D eigenvalue weighted by molar-refractivity contribution is 7.90. The number of hydrogen-bond acceptors (Lipinski definition) is 12. The number of likely N-dealkylation sites (tertiary alicyclic amines) is 1. The van der Waals surface area contributed by atoms with Crippen molar-refractivity contribution >= 4 is 44.2 Å². The van der Waals surface area contributed by atoms with Crippen molar-refractivity contribution in [2.45, 2.75) is 88.1 Å². The monoisotopic (exact) mass is 862 g/mol. The molecule has 1 aliphatic carbocycles. The number of amides is 1. The third-order valence-electron chi connectivity index (χ3n) is 13.6. The van der Waals surface area contributed by atoms with Gasteiger partial charge in [-0.25, -0.2) is 23.1 Å². The molecule has 62 heavy (non-hydrogen) atoms. The number of sulfonamides is 1. The van der Waals surface area contributed by atoms with Gasteiger partial charge in [-0.3, -0.25) is 19.8 Å². The van der Waals surface area contributed by atoms with E-state index in [1.165, 1.54) is 43.0 Å². The van der Waals surface area contributed by atoms with E-state index in [1.807, 2.05) is 12.1 Å². The fourth-order valence-electron chi connectivity index (χ4n) is 10.1. The lowest BCUT2D eigenvalue weighted by atomic mass is 9.59. The lowest BCUT2D eigenvalue weighted by molar-refractivity contribution is -0.384. The Balaban J connectivity index is 0.903. The molecule has 4 fully saturated rings. The number of benzene rings is 2. The van der Waals surface area contributed by atoms with Gasteiger partial charge in [0.25, 0.3) is 15.9 Å². The number of nitrogens with zero attached hydrogens (tertiary/aromatic N) is 5. The van der Waals surface area contributed by atoms with Crippen LogP contribution in [0.3, 0.4) is 0 Å². The van der Waals surface area contributed by atoms with E-state index in [2.05, 4.69) is 72.9 Å². The molecule has 9 rings (SSSR count). The summed E-state index contributed by atoms with van der Waals surface area (Å²) in [7, 11) is -4.60. The molecule has 3 aromatic heterocycles. The molecule has 2 aromatic carbocycles. The number of hydrogen-bond donors (Lipinski definition) is 3. The zero-order valence-corrected chi connectivity index (χ0v) is 36.0. The molecule has 15 nitrogen and oxygen atoms in total. The predicted octanol–water partition coefficient (Wildman–Crippen LogP) is 8.33. The van der Waals surface area contributed by atoms with Crippen LogP contribution in [0.4, 0.5) is 17.2 Å². The first-order valence-corrected chi connectivity index (χ1v) is 23.3. The van der Waals surface area contributed by atoms with Gasteiger partial charge in [-0.15, -0.1) is 0 Å². The molecule has 3 N–H and O–H groups in total. The van der Waals surface area contributed by atoms with Crippen molar-refractivity contribution in [2.75, 3.05) is 49.6 Å². The molecular formula is C46H54N8O7S. The average Bonchev–Trinajstić information content (AvgIpc) is 3.95. The Morgan fingerprint density at radius 2 is 1.81 bits per heavy atom. The lowest BCUT2D eigenvalue weighted by Gasteiger charge is -2.56. The van der Waals surface area contributed by atoms with Crippen LogP contribution in [0, 0.1) is 21.4 Å². The number of aromatic amines is 1. The van der Waals surface area contributed by atoms with E-state index in [9.17, 15) is 23.3 Å². The molecule has 5 aromatic rings. The van der Waals surface area contributed by atoms with Crippen molar-refractivity contribution in [3.63, 3.8) is 0 Å². The molecule has 1 spiro atoms. The summed E-state index contributed by atoms with van der Waals surface area (Å²) in [6, 6.07) is 19.8. The topological polar surface area (TPSA) is 185 Å². The molecule has 6 heterocycles. The Kier molecular flexibility index (Phi) is 11.6. The van der Waals surface area contributed by atoms with Gasteiger partial charge in [-0.05, 0) is 111 Å². The highest BCUT2D eigenvalue weighted by Gasteiger charge is 2.50. The first-order valence-electron chi connectivity index (χ1n) is 21.8. The van der Waals surface area contributed by atoms with E-state index in [1.54, 1.807) is 24.4 Å².